The summed E-state index contributed by atoms with van der Waals surface area (Å²) in [6, 6.07) is 9.75. The minimum atomic E-state index is -3.79. The van der Waals surface area contributed by atoms with Crippen LogP contribution in [0.2, 0.25) is 0 Å². The predicted octanol–water partition coefficient (Wildman–Crippen LogP) is 3.47. The number of amides is 1. The van der Waals surface area contributed by atoms with Crippen molar-refractivity contribution in [3.05, 3.63) is 65.0 Å². The smallest absolute Gasteiger partial charge is 0.244 e. The molecule has 2 aromatic rings. The van der Waals surface area contributed by atoms with Gasteiger partial charge in [-0.05, 0) is 62.6 Å². The Bertz CT molecular complexity index is 944. The molecule has 0 radical (unpaired) electrons. The summed E-state index contributed by atoms with van der Waals surface area (Å²) in [5.41, 5.74) is 3.30. The molecular weight excluding hydrogens is 367 g/mol. The lowest BCUT2D eigenvalue weighted by Crippen LogP contribution is -2.48. The van der Waals surface area contributed by atoms with Crippen molar-refractivity contribution in [2.24, 2.45) is 0 Å². The Labute approximate surface area is 160 Å². The number of hydrogen-bond donors (Lipinski definition) is 1. The lowest BCUT2D eigenvalue weighted by molar-refractivity contribution is -0.122. The second kappa shape index (κ2) is 8.08. The first-order valence-corrected chi connectivity index (χ1v) is 10.5. The fourth-order valence-corrected chi connectivity index (χ4v) is 4.04. The van der Waals surface area contributed by atoms with Crippen molar-refractivity contribution < 1.29 is 17.6 Å². The molecule has 146 valence electrons. The molecule has 7 heteroatoms. The first-order valence-electron chi connectivity index (χ1n) is 8.63. The second-order valence-electron chi connectivity index (χ2n) is 6.79. The maximum Gasteiger partial charge on any atom is 0.244 e. The summed E-state index contributed by atoms with van der Waals surface area (Å²) in [7, 11) is -3.79. The Morgan fingerprint density at radius 1 is 1.07 bits per heavy atom. The van der Waals surface area contributed by atoms with Gasteiger partial charge in [-0.15, -0.1) is 0 Å². The average Bonchev–Trinajstić information content (AvgIpc) is 2.56. The fourth-order valence-electron chi connectivity index (χ4n) is 2.87. The van der Waals surface area contributed by atoms with Crippen molar-refractivity contribution in [1.29, 1.82) is 0 Å². The van der Waals surface area contributed by atoms with E-state index in [1.807, 2.05) is 39.0 Å². The van der Waals surface area contributed by atoms with Crippen LogP contribution >= 0.6 is 0 Å². The zero-order valence-electron chi connectivity index (χ0n) is 16.2. The van der Waals surface area contributed by atoms with Gasteiger partial charge in [0.15, 0.2) is 0 Å². The number of anilines is 1. The van der Waals surface area contributed by atoms with Crippen LogP contribution in [0.25, 0.3) is 0 Å². The molecule has 0 bridgehead atoms. The van der Waals surface area contributed by atoms with Crippen molar-refractivity contribution in [3.63, 3.8) is 0 Å². The Hall–Kier alpha value is -2.41. The Morgan fingerprint density at radius 3 is 2.30 bits per heavy atom. The number of rotatable bonds is 6. The quantitative estimate of drug-likeness (QED) is 0.819. The van der Waals surface area contributed by atoms with E-state index in [2.05, 4.69) is 5.32 Å². The Kier molecular flexibility index (Phi) is 6.26. The molecule has 0 aliphatic heterocycles. The van der Waals surface area contributed by atoms with E-state index in [0.29, 0.717) is 0 Å². The molecule has 0 aliphatic rings. The van der Waals surface area contributed by atoms with Crippen LogP contribution in [0, 0.1) is 19.7 Å². The van der Waals surface area contributed by atoms with Gasteiger partial charge >= 0.3 is 0 Å². The summed E-state index contributed by atoms with van der Waals surface area (Å²) >= 11 is 0. The molecule has 2 atom stereocenters. The summed E-state index contributed by atoms with van der Waals surface area (Å²) < 4.78 is 39.0. The molecule has 0 heterocycles. The molecule has 2 aromatic carbocycles. The standard InChI is InChI=1S/C20H25FN2O3S/c1-13-9-10-17(11-14(13)2)15(3)22-20(24)16(4)23(27(5,25)26)19-8-6-7-18(21)12-19/h6-12,15-16H,1-5H3,(H,22,24)/t15-,16+/m1/s1. The van der Waals surface area contributed by atoms with E-state index in [0.717, 1.165) is 33.3 Å². The zero-order valence-corrected chi connectivity index (χ0v) is 17.0. The highest BCUT2D eigenvalue weighted by molar-refractivity contribution is 7.92. The lowest BCUT2D eigenvalue weighted by atomic mass is 10.0. The maximum atomic E-state index is 13.6. The summed E-state index contributed by atoms with van der Waals surface area (Å²) in [6.07, 6.45) is 0.994. The highest BCUT2D eigenvalue weighted by Crippen LogP contribution is 2.23. The molecule has 1 amide bonds. The van der Waals surface area contributed by atoms with Gasteiger partial charge in [-0.2, -0.15) is 0 Å². The molecule has 0 aromatic heterocycles. The third-order valence-electron chi connectivity index (χ3n) is 4.54. The largest absolute Gasteiger partial charge is 0.348 e. The number of nitrogens with one attached hydrogen (secondary N) is 1. The van der Waals surface area contributed by atoms with Crippen LogP contribution < -0.4 is 9.62 Å². The van der Waals surface area contributed by atoms with Gasteiger partial charge in [0.1, 0.15) is 11.9 Å². The number of halogens is 1. The second-order valence-corrected chi connectivity index (χ2v) is 8.65. The molecular formula is C20H25FN2O3S. The molecule has 0 fully saturated rings. The number of hydrogen-bond acceptors (Lipinski definition) is 3. The lowest BCUT2D eigenvalue weighted by Gasteiger charge is -2.29. The van der Waals surface area contributed by atoms with E-state index in [-0.39, 0.29) is 11.7 Å². The SMILES string of the molecule is Cc1ccc([C@@H](C)NC(=O)[C@H](C)N(c2cccc(F)c2)S(C)(=O)=O)cc1C. The number of carbonyl (C=O) groups excluding carboxylic acids is 1. The van der Waals surface area contributed by atoms with E-state index in [4.69, 9.17) is 0 Å². The normalized spacial score (nSPS) is 13.7. The average molecular weight is 392 g/mol. The van der Waals surface area contributed by atoms with Gasteiger partial charge in [0.2, 0.25) is 15.9 Å². The molecule has 0 saturated carbocycles. The van der Waals surface area contributed by atoms with Crippen LogP contribution in [0.5, 0.6) is 0 Å². The van der Waals surface area contributed by atoms with Crippen LogP contribution in [0.4, 0.5) is 10.1 Å². The number of aryl methyl sites for hydroxylation is 2. The fraction of sp³-hybridized carbons (Fsp3) is 0.350. The van der Waals surface area contributed by atoms with Crippen LogP contribution in [-0.4, -0.2) is 26.6 Å². The van der Waals surface area contributed by atoms with Crippen molar-refractivity contribution >= 4 is 21.6 Å². The number of carbonyl (C=O) groups is 1. The number of sulfonamides is 1. The summed E-state index contributed by atoms with van der Waals surface area (Å²) in [5.74, 6) is -1.03. The summed E-state index contributed by atoms with van der Waals surface area (Å²) in [4.78, 5) is 12.7. The molecule has 0 aliphatic carbocycles. The minimum Gasteiger partial charge on any atom is -0.348 e. The van der Waals surface area contributed by atoms with Gasteiger partial charge in [-0.1, -0.05) is 24.3 Å². The molecule has 27 heavy (non-hydrogen) atoms. The van der Waals surface area contributed by atoms with Crippen LogP contribution in [-0.2, 0) is 14.8 Å². The van der Waals surface area contributed by atoms with Gasteiger partial charge in [-0.3, -0.25) is 9.10 Å². The molecule has 2 rings (SSSR count). The first-order chi connectivity index (χ1) is 12.5. The third kappa shape index (κ3) is 5.07. The molecule has 0 saturated heterocycles. The third-order valence-corrected chi connectivity index (χ3v) is 5.78. The van der Waals surface area contributed by atoms with Gasteiger partial charge in [0.05, 0.1) is 18.0 Å². The van der Waals surface area contributed by atoms with E-state index >= 15 is 0 Å². The van der Waals surface area contributed by atoms with Crippen molar-refractivity contribution in [2.75, 3.05) is 10.6 Å². The first kappa shape index (κ1) is 20.9. The van der Waals surface area contributed by atoms with E-state index in [1.165, 1.54) is 25.1 Å². The number of nitrogens with zero attached hydrogens (tertiary/aromatic N) is 1. The molecule has 1 N–H and O–H groups in total. The molecule has 5 nitrogen and oxygen atoms in total. The Morgan fingerprint density at radius 2 is 1.74 bits per heavy atom. The highest BCUT2D eigenvalue weighted by atomic mass is 32.2. The van der Waals surface area contributed by atoms with Gasteiger partial charge in [-0.25, -0.2) is 12.8 Å². The minimum absolute atomic E-state index is 0.110. The molecule has 0 unspecified atom stereocenters. The van der Waals surface area contributed by atoms with Crippen molar-refractivity contribution in [2.45, 2.75) is 39.8 Å². The van der Waals surface area contributed by atoms with Crippen LogP contribution in [0.3, 0.4) is 0 Å². The monoisotopic (exact) mass is 392 g/mol. The van der Waals surface area contributed by atoms with Gasteiger partial charge < -0.3 is 5.32 Å². The van der Waals surface area contributed by atoms with Gasteiger partial charge in [0, 0.05) is 0 Å². The van der Waals surface area contributed by atoms with E-state index in [1.54, 1.807) is 0 Å². The van der Waals surface area contributed by atoms with Crippen molar-refractivity contribution in [3.8, 4) is 0 Å². The summed E-state index contributed by atoms with van der Waals surface area (Å²) in [5, 5.41) is 2.84. The topological polar surface area (TPSA) is 66.5 Å². The van der Waals surface area contributed by atoms with E-state index < -0.39 is 27.8 Å². The number of benzene rings is 2. The summed E-state index contributed by atoms with van der Waals surface area (Å²) in [6.45, 7) is 7.31. The maximum absolute atomic E-state index is 13.6. The predicted molar refractivity (Wildman–Crippen MR) is 106 cm³/mol. The highest BCUT2D eigenvalue weighted by Gasteiger charge is 2.30. The van der Waals surface area contributed by atoms with Gasteiger partial charge in [0.25, 0.3) is 0 Å². The van der Waals surface area contributed by atoms with Crippen molar-refractivity contribution in [1.82, 2.24) is 5.32 Å². The van der Waals surface area contributed by atoms with Crippen LogP contribution in [0.1, 0.15) is 36.6 Å². The molecule has 0 spiro atoms. The van der Waals surface area contributed by atoms with Crippen LogP contribution in [0.15, 0.2) is 42.5 Å². The Balaban J connectivity index is 2.25. The zero-order chi connectivity index (χ0) is 20.4. The van der Waals surface area contributed by atoms with E-state index in [9.17, 15) is 17.6 Å².